The standard InChI is InChI=1S/C17H21FN2O2/c18-15-4-2-1-3-13(15)7-8-19-17(22)14-9-16(21)20(11-14)10-12-5-6-12/h1-4,12,14H,5-11H2,(H,19,22)/t14-/m1/s1. The summed E-state index contributed by atoms with van der Waals surface area (Å²) in [6.07, 6.45) is 3.16. The average molecular weight is 304 g/mol. The lowest BCUT2D eigenvalue weighted by atomic mass is 10.1. The van der Waals surface area contributed by atoms with Crippen LogP contribution < -0.4 is 5.32 Å². The molecule has 1 aromatic carbocycles. The molecule has 5 heteroatoms. The normalized spacial score (nSPS) is 21.2. The first-order chi connectivity index (χ1) is 10.6. The Balaban J connectivity index is 1.44. The first kappa shape index (κ1) is 15.0. The van der Waals surface area contributed by atoms with Gasteiger partial charge in [-0.05, 0) is 36.8 Å². The van der Waals surface area contributed by atoms with E-state index in [4.69, 9.17) is 0 Å². The summed E-state index contributed by atoms with van der Waals surface area (Å²) in [5, 5.41) is 2.83. The number of benzene rings is 1. The van der Waals surface area contributed by atoms with E-state index in [1.165, 1.54) is 18.9 Å². The van der Waals surface area contributed by atoms with Gasteiger partial charge in [-0.2, -0.15) is 0 Å². The Hall–Kier alpha value is -1.91. The van der Waals surface area contributed by atoms with Gasteiger partial charge in [0.1, 0.15) is 5.82 Å². The van der Waals surface area contributed by atoms with Crippen LogP contribution in [0.25, 0.3) is 0 Å². The number of nitrogens with one attached hydrogen (secondary N) is 1. The minimum atomic E-state index is -0.258. The summed E-state index contributed by atoms with van der Waals surface area (Å²) in [6.45, 7) is 1.73. The molecular weight excluding hydrogens is 283 g/mol. The van der Waals surface area contributed by atoms with Crippen LogP contribution in [0.2, 0.25) is 0 Å². The van der Waals surface area contributed by atoms with Crippen LogP contribution >= 0.6 is 0 Å². The van der Waals surface area contributed by atoms with Crippen molar-refractivity contribution in [2.24, 2.45) is 11.8 Å². The molecule has 2 aliphatic rings. The second kappa shape index (κ2) is 6.46. The summed E-state index contributed by atoms with van der Waals surface area (Å²) in [5.74, 6) is 0.131. The van der Waals surface area contributed by atoms with Crippen molar-refractivity contribution >= 4 is 11.8 Å². The molecule has 0 aromatic heterocycles. The Bertz CT molecular complexity index is 572. The van der Waals surface area contributed by atoms with E-state index < -0.39 is 0 Å². The quantitative estimate of drug-likeness (QED) is 0.870. The number of hydrogen-bond acceptors (Lipinski definition) is 2. The van der Waals surface area contributed by atoms with Crippen molar-refractivity contribution in [1.29, 1.82) is 0 Å². The van der Waals surface area contributed by atoms with Gasteiger partial charge in [0, 0.05) is 26.1 Å². The van der Waals surface area contributed by atoms with Gasteiger partial charge in [-0.3, -0.25) is 9.59 Å². The number of likely N-dealkylation sites (tertiary alicyclic amines) is 1. The van der Waals surface area contributed by atoms with Gasteiger partial charge in [-0.15, -0.1) is 0 Å². The summed E-state index contributed by atoms with van der Waals surface area (Å²) in [5.41, 5.74) is 0.598. The lowest BCUT2D eigenvalue weighted by molar-refractivity contribution is -0.129. The zero-order valence-corrected chi connectivity index (χ0v) is 12.6. The van der Waals surface area contributed by atoms with Gasteiger partial charge in [-0.25, -0.2) is 4.39 Å². The van der Waals surface area contributed by atoms with Crippen molar-refractivity contribution in [1.82, 2.24) is 10.2 Å². The minimum absolute atomic E-state index is 0.0844. The molecular formula is C17H21FN2O2. The molecule has 2 fully saturated rings. The van der Waals surface area contributed by atoms with E-state index in [0.29, 0.717) is 37.4 Å². The van der Waals surface area contributed by atoms with Crippen LogP contribution in [0.3, 0.4) is 0 Å². The predicted molar refractivity (Wildman–Crippen MR) is 80.5 cm³/mol. The van der Waals surface area contributed by atoms with E-state index in [0.717, 1.165) is 6.54 Å². The third-order valence-electron chi connectivity index (χ3n) is 4.41. The van der Waals surface area contributed by atoms with Gasteiger partial charge in [0.05, 0.1) is 5.92 Å². The number of amides is 2. The highest BCUT2D eigenvalue weighted by Crippen LogP contribution is 2.31. The fraction of sp³-hybridized carbons (Fsp3) is 0.529. The van der Waals surface area contributed by atoms with Crippen molar-refractivity contribution in [2.45, 2.75) is 25.7 Å². The highest BCUT2D eigenvalue weighted by Gasteiger charge is 2.36. The number of nitrogens with zero attached hydrogens (tertiary/aromatic N) is 1. The molecule has 2 amide bonds. The first-order valence-corrected chi connectivity index (χ1v) is 7.92. The Kier molecular flexibility index (Phi) is 4.41. The SMILES string of the molecule is O=C(NCCc1ccccc1F)[C@@H]1CC(=O)N(CC2CC2)C1. The molecule has 1 N–H and O–H groups in total. The molecule has 1 saturated carbocycles. The second-order valence-corrected chi connectivity index (χ2v) is 6.28. The van der Waals surface area contributed by atoms with Crippen molar-refractivity contribution in [3.63, 3.8) is 0 Å². The lowest BCUT2D eigenvalue weighted by Gasteiger charge is -2.16. The molecule has 0 unspecified atom stereocenters. The fourth-order valence-corrected chi connectivity index (χ4v) is 2.90. The maximum atomic E-state index is 13.5. The Morgan fingerprint density at radius 1 is 1.32 bits per heavy atom. The number of rotatable bonds is 6. The topological polar surface area (TPSA) is 49.4 Å². The molecule has 4 nitrogen and oxygen atoms in total. The van der Waals surface area contributed by atoms with Crippen LogP contribution in [-0.2, 0) is 16.0 Å². The van der Waals surface area contributed by atoms with Gasteiger partial charge in [0.2, 0.25) is 11.8 Å². The van der Waals surface area contributed by atoms with Gasteiger partial charge < -0.3 is 10.2 Å². The van der Waals surface area contributed by atoms with E-state index in [1.54, 1.807) is 18.2 Å². The molecule has 1 aliphatic carbocycles. The summed E-state index contributed by atoms with van der Waals surface area (Å²) < 4.78 is 13.5. The summed E-state index contributed by atoms with van der Waals surface area (Å²) in [7, 11) is 0. The highest BCUT2D eigenvalue weighted by molar-refractivity contribution is 5.89. The molecule has 1 heterocycles. The van der Waals surface area contributed by atoms with E-state index in [-0.39, 0.29) is 23.5 Å². The highest BCUT2D eigenvalue weighted by atomic mass is 19.1. The third kappa shape index (κ3) is 3.64. The maximum Gasteiger partial charge on any atom is 0.225 e. The maximum absolute atomic E-state index is 13.5. The van der Waals surface area contributed by atoms with Crippen molar-refractivity contribution in [3.05, 3.63) is 35.6 Å². The first-order valence-electron chi connectivity index (χ1n) is 7.92. The molecule has 3 rings (SSSR count). The zero-order chi connectivity index (χ0) is 15.5. The van der Waals surface area contributed by atoms with Crippen molar-refractivity contribution in [2.75, 3.05) is 19.6 Å². The number of carbonyl (C=O) groups excluding carboxylic acids is 2. The van der Waals surface area contributed by atoms with E-state index in [1.807, 2.05) is 4.90 Å². The molecule has 1 aromatic rings. The monoisotopic (exact) mass is 304 g/mol. The molecule has 0 spiro atoms. The number of hydrogen-bond donors (Lipinski definition) is 1. The van der Waals surface area contributed by atoms with Crippen LogP contribution in [0, 0.1) is 17.7 Å². The van der Waals surface area contributed by atoms with Crippen LogP contribution in [0.4, 0.5) is 4.39 Å². The smallest absolute Gasteiger partial charge is 0.225 e. The summed E-state index contributed by atoms with van der Waals surface area (Å²) >= 11 is 0. The number of halogens is 1. The average Bonchev–Trinajstić information content (AvgIpc) is 3.24. The fourth-order valence-electron chi connectivity index (χ4n) is 2.90. The molecule has 0 bridgehead atoms. The Morgan fingerprint density at radius 2 is 2.09 bits per heavy atom. The van der Waals surface area contributed by atoms with Crippen LogP contribution in [0.1, 0.15) is 24.8 Å². The lowest BCUT2D eigenvalue weighted by Crippen LogP contribution is -2.34. The molecule has 1 saturated heterocycles. The number of carbonyl (C=O) groups is 2. The van der Waals surface area contributed by atoms with Crippen LogP contribution in [0.5, 0.6) is 0 Å². The molecule has 1 atom stereocenters. The Labute approximate surface area is 129 Å². The van der Waals surface area contributed by atoms with Crippen LogP contribution in [0.15, 0.2) is 24.3 Å². The van der Waals surface area contributed by atoms with Crippen molar-refractivity contribution in [3.8, 4) is 0 Å². The third-order valence-corrected chi connectivity index (χ3v) is 4.41. The molecule has 22 heavy (non-hydrogen) atoms. The van der Waals surface area contributed by atoms with Gasteiger partial charge >= 0.3 is 0 Å². The minimum Gasteiger partial charge on any atom is -0.355 e. The van der Waals surface area contributed by atoms with Gasteiger partial charge in [0.25, 0.3) is 0 Å². The van der Waals surface area contributed by atoms with E-state index in [9.17, 15) is 14.0 Å². The van der Waals surface area contributed by atoms with Crippen LogP contribution in [-0.4, -0.2) is 36.3 Å². The zero-order valence-electron chi connectivity index (χ0n) is 12.6. The molecule has 0 radical (unpaired) electrons. The second-order valence-electron chi connectivity index (χ2n) is 6.28. The molecule has 1 aliphatic heterocycles. The summed E-state index contributed by atoms with van der Waals surface area (Å²) in [6, 6.07) is 6.57. The van der Waals surface area contributed by atoms with Crippen molar-refractivity contribution < 1.29 is 14.0 Å². The van der Waals surface area contributed by atoms with Gasteiger partial charge in [-0.1, -0.05) is 18.2 Å². The Morgan fingerprint density at radius 3 is 2.82 bits per heavy atom. The van der Waals surface area contributed by atoms with E-state index in [2.05, 4.69) is 5.32 Å². The summed E-state index contributed by atoms with van der Waals surface area (Å²) in [4.78, 5) is 25.8. The van der Waals surface area contributed by atoms with Gasteiger partial charge in [0.15, 0.2) is 0 Å². The van der Waals surface area contributed by atoms with E-state index >= 15 is 0 Å². The predicted octanol–water partition coefficient (Wildman–Crippen LogP) is 1.74. The largest absolute Gasteiger partial charge is 0.355 e. The molecule has 118 valence electrons.